The summed E-state index contributed by atoms with van der Waals surface area (Å²) >= 11 is 0. The molecule has 0 fully saturated rings. The quantitative estimate of drug-likeness (QED) is 0.609. The Morgan fingerprint density at radius 1 is 0.812 bits per heavy atom. The minimum atomic E-state index is 0.581. The Bertz CT molecular complexity index is 397. The van der Waals surface area contributed by atoms with E-state index in [1.54, 1.807) is 22.3 Å². The minimum absolute atomic E-state index is 0.581. The highest BCUT2D eigenvalue weighted by Gasteiger charge is 2.24. The maximum atomic E-state index is 2.37. The first kappa shape index (κ1) is 11.4. The molecule has 0 saturated heterocycles. The van der Waals surface area contributed by atoms with Gasteiger partial charge in [0.25, 0.3) is 0 Å². The van der Waals surface area contributed by atoms with Gasteiger partial charge in [-0.15, -0.1) is 0 Å². The van der Waals surface area contributed by atoms with Gasteiger partial charge in [-0.3, -0.25) is 0 Å². The zero-order valence-corrected chi connectivity index (χ0v) is 11.1. The molecule has 0 saturated carbocycles. The average Bonchev–Trinajstić information content (AvgIpc) is 2.71. The smallest absolute Gasteiger partial charge is 0.00651 e. The lowest BCUT2D eigenvalue weighted by molar-refractivity contribution is 0.802. The summed E-state index contributed by atoms with van der Waals surface area (Å²) in [6.45, 7) is 11.4. The molecular formula is C16H22. The fourth-order valence-electron chi connectivity index (χ4n) is 3.29. The molecular weight excluding hydrogens is 192 g/mol. The topological polar surface area (TPSA) is 0 Å². The van der Waals surface area contributed by atoms with Crippen molar-refractivity contribution in [3.05, 3.63) is 45.6 Å². The van der Waals surface area contributed by atoms with Crippen LogP contribution in [0.15, 0.2) is 45.6 Å². The number of hydrogen-bond donors (Lipinski definition) is 0. The van der Waals surface area contributed by atoms with Gasteiger partial charge >= 0.3 is 0 Å². The van der Waals surface area contributed by atoms with Crippen molar-refractivity contribution in [2.24, 2.45) is 5.92 Å². The highest BCUT2D eigenvalue weighted by Crippen LogP contribution is 2.40. The third kappa shape index (κ3) is 1.71. The monoisotopic (exact) mass is 214 g/mol. The SMILES string of the molecule is CC1=CCC(C)=C1C(C)C1=C(C)CC=C1C. The Balaban J connectivity index is 2.37. The largest absolute Gasteiger partial charge is 0.0772 e. The molecule has 0 aliphatic heterocycles. The predicted octanol–water partition coefficient (Wildman–Crippen LogP) is 4.96. The van der Waals surface area contributed by atoms with Crippen molar-refractivity contribution in [3.8, 4) is 0 Å². The van der Waals surface area contributed by atoms with Crippen LogP contribution >= 0.6 is 0 Å². The first-order chi connectivity index (χ1) is 7.52. The molecule has 0 radical (unpaired) electrons. The van der Waals surface area contributed by atoms with E-state index in [0.717, 1.165) is 12.8 Å². The molecule has 0 nitrogen and oxygen atoms in total. The number of rotatable bonds is 2. The van der Waals surface area contributed by atoms with Crippen molar-refractivity contribution in [2.45, 2.75) is 47.5 Å². The third-order valence-corrected chi connectivity index (χ3v) is 4.06. The summed E-state index contributed by atoms with van der Waals surface area (Å²) in [6, 6.07) is 0. The standard InChI is InChI=1S/C16H22/c1-10-6-7-11(2)15(10)14(5)16-12(3)8-9-13(16)4/h6,8,14H,7,9H2,1-5H3. The molecule has 0 heteroatoms. The van der Waals surface area contributed by atoms with Gasteiger partial charge in [0.15, 0.2) is 0 Å². The van der Waals surface area contributed by atoms with Gasteiger partial charge in [-0.2, -0.15) is 0 Å². The van der Waals surface area contributed by atoms with Crippen LogP contribution in [-0.2, 0) is 0 Å². The van der Waals surface area contributed by atoms with E-state index in [1.165, 1.54) is 11.1 Å². The average molecular weight is 214 g/mol. The highest BCUT2D eigenvalue weighted by atomic mass is 14.3. The van der Waals surface area contributed by atoms with Crippen LogP contribution in [0.1, 0.15) is 47.5 Å². The summed E-state index contributed by atoms with van der Waals surface area (Å²) < 4.78 is 0. The second-order valence-electron chi connectivity index (χ2n) is 5.29. The summed E-state index contributed by atoms with van der Waals surface area (Å²) in [6.07, 6.45) is 7.04. The number of hydrogen-bond acceptors (Lipinski definition) is 0. The van der Waals surface area contributed by atoms with Crippen molar-refractivity contribution < 1.29 is 0 Å². The summed E-state index contributed by atoms with van der Waals surface area (Å²) in [4.78, 5) is 0. The van der Waals surface area contributed by atoms with Crippen molar-refractivity contribution in [1.29, 1.82) is 0 Å². The molecule has 0 heterocycles. The first-order valence-corrected chi connectivity index (χ1v) is 6.26. The third-order valence-electron chi connectivity index (χ3n) is 4.06. The molecule has 0 bridgehead atoms. The molecule has 16 heavy (non-hydrogen) atoms. The Morgan fingerprint density at radius 2 is 1.19 bits per heavy atom. The van der Waals surface area contributed by atoms with Crippen molar-refractivity contribution in [2.75, 3.05) is 0 Å². The van der Waals surface area contributed by atoms with Gasteiger partial charge < -0.3 is 0 Å². The summed E-state index contributed by atoms with van der Waals surface area (Å²) in [5, 5.41) is 0. The van der Waals surface area contributed by atoms with E-state index in [9.17, 15) is 0 Å². The lowest BCUT2D eigenvalue weighted by Crippen LogP contribution is -2.06. The van der Waals surface area contributed by atoms with Crippen molar-refractivity contribution in [1.82, 2.24) is 0 Å². The van der Waals surface area contributed by atoms with E-state index >= 15 is 0 Å². The molecule has 0 aromatic heterocycles. The van der Waals surface area contributed by atoms with E-state index in [4.69, 9.17) is 0 Å². The van der Waals surface area contributed by atoms with Crippen LogP contribution in [0, 0.1) is 5.92 Å². The molecule has 0 atom stereocenters. The molecule has 2 aliphatic carbocycles. The van der Waals surface area contributed by atoms with Crippen LogP contribution in [0.3, 0.4) is 0 Å². The van der Waals surface area contributed by atoms with E-state index in [0.29, 0.717) is 5.92 Å². The molecule has 0 spiro atoms. The Hall–Kier alpha value is -1.04. The van der Waals surface area contributed by atoms with Gasteiger partial charge in [0.05, 0.1) is 0 Å². The molecule has 2 rings (SSSR count). The van der Waals surface area contributed by atoms with E-state index in [1.807, 2.05) is 0 Å². The van der Waals surface area contributed by atoms with Gasteiger partial charge in [0, 0.05) is 5.92 Å². The summed E-state index contributed by atoms with van der Waals surface area (Å²) in [7, 11) is 0. The molecule has 86 valence electrons. The maximum Gasteiger partial charge on any atom is 0.00651 e. The zero-order chi connectivity index (χ0) is 11.9. The van der Waals surface area contributed by atoms with Crippen LogP contribution in [0.2, 0.25) is 0 Å². The lowest BCUT2D eigenvalue weighted by atomic mass is 9.84. The molecule has 0 aromatic carbocycles. The van der Waals surface area contributed by atoms with Gasteiger partial charge in [-0.05, 0) is 51.7 Å². The van der Waals surface area contributed by atoms with Crippen LogP contribution < -0.4 is 0 Å². The lowest BCUT2D eigenvalue weighted by Gasteiger charge is -2.20. The molecule has 0 unspecified atom stereocenters. The van der Waals surface area contributed by atoms with Crippen molar-refractivity contribution >= 4 is 0 Å². The van der Waals surface area contributed by atoms with Crippen LogP contribution in [0.25, 0.3) is 0 Å². The molecule has 0 amide bonds. The van der Waals surface area contributed by atoms with E-state index < -0.39 is 0 Å². The first-order valence-electron chi connectivity index (χ1n) is 6.26. The predicted molar refractivity (Wildman–Crippen MR) is 71.3 cm³/mol. The molecule has 0 aromatic rings. The highest BCUT2D eigenvalue weighted by molar-refractivity contribution is 5.52. The molecule has 2 aliphatic rings. The number of allylic oxidation sites excluding steroid dienone is 8. The van der Waals surface area contributed by atoms with E-state index in [2.05, 4.69) is 46.8 Å². The van der Waals surface area contributed by atoms with Gasteiger partial charge in [-0.1, -0.05) is 41.4 Å². The second kappa shape index (κ2) is 4.08. The van der Waals surface area contributed by atoms with Gasteiger partial charge in [0.2, 0.25) is 0 Å². The fourth-order valence-corrected chi connectivity index (χ4v) is 3.29. The normalized spacial score (nSPS) is 21.1. The van der Waals surface area contributed by atoms with E-state index in [-0.39, 0.29) is 0 Å². The van der Waals surface area contributed by atoms with Gasteiger partial charge in [0.1, 0.15) is 0 Å². The Morgan fingerprint density at radius 3 is 1.44 bits per heavy atom. The summed E-state index contributed by atoms with van der Waals surface area (Å²) in [5.41, 5.74) is 9.28. The Labute approximate surface area is 99.4 Å². The minimum Gasteiger partial charge on any atom is -0.0772 e. The second-order valence-corrected chi connectivity index (χ2v) is 5.29. The van der Waals surface area contributed by atoms with Crippen LogP contribution in [0.4, 0.5) is 0 Å². The van der Waals surface area contributed by atoms with Crippen LogP contribution in [-0.4, -0.2) is 0 Å². The summed E-state index contributed by atoms with van der Waals surface area (Å²) in [5.74, 6) is 0.581. The zero-order valence-electron chi connectivity index (χ0n) is 11.1. The van der Waals surface area contributed by atoms with Gasteiger partial charge in [-0.25, -0.2) is 0 Å². The van der Waals surface area contributed by atoms with Crippen LogP contribution in [0.5, 0.6) is 0 Å². The Kier molecular flexibility index (Phi) is 2.92. The van der Waals surface area contributed by atoms with Crippen molar-refractivity contribution in [3.63, 3.8) is 0 Å². The fraction of sp³-hybridized carbons (Fsp3) is 0.500. The maximum absolute atomic E-state index is 2.37. The molecule has 0 N–H and O–H groups in total.